The molecule has 2 heterocycles. The predicted octanol–water partition coefficient (Wildman–Crippen LogP) is 1.90. The second-order valence-corrected chi connectivity index (χ2v) is 5.70. The molecule has 1 aliphatic rings. The number of nitrogens with zero attached hydrogens (tertiary/aromatic N) is 2. The highest BCUT2D eigenvalue weighted by molar-refractivity contribution is 9.10. The fourth-order valence-electron chi connectivity index (χ4n) is 2.33. The van der Waals surface area contributed by atoms with E-state index in [1.54, 1.807) is 6.20 Å². The molecule has 98 valence electrons. The minimum Gasteiger partial charge on any atom is -0.337 e. The zero-order valence-electron chi connectivity index (χ0n) is 10.5. The summed E-state index contributed by atoms with van der Waals surface area (Å²) in [4.78, 5) is 18.4. The van der Waals surface area contributed by atoms with Crippen LogP contribution < -0.4 is 5.73 Å². The van der Waals surface area contributed by atoms with Crippen molar-refractivity contribution < 1.29 is 4.79 Å². The van der Waals surface area contributed by atoms with Crippen molar-refractivity contribution in [3.63, 3.8) is 0 Å². The van der Waals surface area contributed by atoms with Crippen molar-refractivity contribution >= 4 is 21.8 Å². The topological polar surface area (TPSA) is 59.2 Å². The van der Waals surface area contributed by atoms with Gasteiger partial charge in [0.25, 0.3) is 5.91 Å². The van der Waals surface area contributed by atoms with Crippen LogP contribution in [-0.2, 0) is 0 Å². The van der Waals surface area contributed by atoms with Gasteiger partial charge in [-0.05, 0) is 52.9 Å². The van der Waals surface area contributed by atoms with Crippen molar-refractivity contribution in [1.82, 2.24) is 9.88 Å². The molecule has 1 fully saturated rings. The fraction of sp³-hybridized carbons (Fsp3) is 0.538. The molecule has 2 unspecified atom stereocenters. The summed E-state index contributed by atoms with van der Waals surface area (Å²) in [5.41, 5.74) is 6.25. The van der Waals surface area contributed by atoms with Gasteiger partial charge < -0.3 is 10.6 Å². The van der Waals surface area contributed by atoms with E-state index < -0.39 is 0 Å². The highest BCUT2D eigenvalue weighted by atomic mass is 79.9. The normalized spacial score (nSPS) is 24.1. The van der Waals surface area contributed by atoms with E-state index >= 15 is 0 Å². The van der Waals surface area contributed by atoms with E-state index in [2.05, 4.69) is 27.8 Å². The van der Waals surface area contributed by atoms with Crippen LogP contribution in [-0.4, -0.2) is 35.4 Å². The molecular formula is C13H18BrN3O. The molecule has 1 aliphatic heterocycles. The number of halogens is 1. The number of hydrogen-bond acceptors (Lipinski definition) is 3. The van der Waals surface area contributed by atoms with Crippen molar-refractivity contribution in [3.8, 4) is 0 Å². The molecule has 1 saturated heterocycles. The lowest BCUT2D eigenvalue weighted by Gasteiger charge is -2.36. The molecule has 18 heavy (non-hydrogen) atoms. The molecule has 1 amide bonds. The van der Waals surface area contributed by atoms with Crippen LogP contribution in [0.2, 0.25) is 0 Å². The van der Waals surface area contributed by atoms with E-state index in [1.165, 1.54) is 0 Å². The van der Waals surface area contributed by atoms with Crippen LogP contribution in [0, 0.1) is 11.8 Å². The second kappa shape index (κ2) is 5.80. The average molecular weight is 312 g/mol. The number of piperidine rings is 1. The molecule has 2 rings (SSSR count). The molecule has 2 atom stereocenters. The van der Waals surface area contributed by atoms with Gasteiger partial charge in [-0.1, -0.05) is 6.92 Å². The fourth-order valence-corrected chi connectivity index (χ4v) is 2.76. The Morgan fingerprint density at radius 3 is 3.11 bits per heavy atom. The monoisotopic (exact) mass is 311 g/mol. The van der Waals surface area contributed by atoms with E-state index in [-0.39, 0.29) is 5.91 Å². The zero-order valence-corrected chi connectivity index (χ0v) is 12.1. The van der Waals surface area contributed by atoms with Crippen LogP contribution in [0.25, 0.3) is 0 Å². The maximum atomic E-state index is 12.4. The molecule has 0 radical (unpaired) electrons. The molecule has 4 nitrogen and oxygen atoms in total. The number of likely N-dealkylation sites (tertiary alicyclic amines) is 1. The van der Waals surface area contributed by atoms with Crippen LogP contribution >= 0.6 is 15.9 Å². The van der Waals surface area contributed by atoms with Crippen molar-refractivity contribution in [2.75, 3.05) is 19.6 Å². The van der Waals surface area contributed by atoms with Gasteiger partial charge in [0.1, 0.15) is 5.69 Å². The first-order chi connectivity index (χ1) is 8.63. The summed E-state index contributed by atoms with van der Waals surface area (Å²) in [6.45, 7) is 4.36. The molecule has 1 aromatic heterocycles. The van der Waals surface area contributed by atoms with E-state index in [0.717, 1.165) is 24.0 Å². The quantitative estimate of drug-likeness (QED) is 0.907. The van der Waals surface area contributed by atoms with Gasteiger partial charge in [-0.15, -0.1) is 0 Å². The Morgan fingerprint density at radius 1 is 1.67 bits per heavy atom. The van der Waals surface area contributed by atoms with Crippen LogP contribution in [0.4, 0.5) is 0 Å². The number of pyridine rings is 1. The van der Waals surface area contributed by atoms with Gasteiger partial charge in [-0.3, -0.25) is 4.79 Å². The van der Waals surface area contributed by atoms with E-state index in [1.807, 2.05) is 17.0 Å². The molecule has 1 aromatic rings. The molecule has 5 heteroatoms. The van der Waals surface area contributed by atoms with Gasteiger partial charge >= 0.3 is 0 Å². The lowest BCUT2D eigenvalue weighted by molar-refractivity contribution is 0.0611. The zero-order chi connectivity index (χ0) is 13.1. The predicted molar refractivity (Wildman–Crippen MR) is 74.2 cm³/mol. The van der Waals surface area contributed by atoms with Gasteiger partial charge in [0.05, 0.1) is 0 Å². The van der Waals surface area contributed by atoms with Crippen LogP contribution in [0.3, 0.4) is 0 Å². The van der Waals surface area contributed by atoms with Gasteiger partial charge in [0.15, 0.2) is 0 Å². The van der Waals surface area contributed by atoms with Crippen molar-refractivity contribution in [1.29, 1.82) is 0 Å². The number of hydrogen-bond donors (Lipinski definition) is 1. The van der Waals surface area contributed by atoms with Crippen LogP contribution in [0.5, 0.6) is 0 Å². The average Bonchev–Trinajstić information content (AvgIpc) is 2.39. The summed E-state index contributed by atoms with van der Waals surface area (Å²) >= 11 is 3.37. The van der Waals surface area contributed by atoms with Gasteiger partial charge in [-0.25, -0.2) is 4.98 Å². The Balaban J connectivity index is 2.13. The van der Waals surface area contributed by atoms with Gasteiger partial charge in [0, 0.05) is 23.8 Å². The number of carbonyl (C=O) groups excluding carboxylic acids is 1. The Hall–Kier alpha value is -0.940. The third kappa shape index (κ3) is 2.72. The largest absolute Gasteiger partial charge is 0.337 e. The van der Waals surface area contributed by atoms with Crippen LogP contribution in [0.15, 0.2) is 22.8 Å². The first-order valence-electron chi connectivity index (χ1n) is 6.23. The Bertz CT molecular complexity index is 438. The number of nitrogens with two attached hydrogens (primary N) is 1. The van der Waals surface area contributed by atoms with Crippen molar-refractivity contribution in [3.05, 3.63) is 28.5 Å². The van der Waals surface area contributed by atoms with E-state index in [9.17, 15) is 4.79 Å². The molecular weight excluding hydrogens is 294 g/mol. The Kier molecular flexibility index (Phi) is 4.35. The Labute approximate surface area is 116 Å². The molecule has 2 N–H and O–H groups in total. The standard InChI is InChI=1S/C13H18BrN3O/c1-9-4-6-17(8-10(9)7-15)13(18)12-11(14)3-2-5-16-12/h2-3,5,9-10H,4,6-8,15H2,1H3. The number of amides is 1. The number of aromatic nitrogens is 1. The van der Waals surface area contributed by atoms with Gasteiger partial charge in [0.2, 0.25) is 0 Å². The van der Waals surface area contributed by atoms with Crippen LogP contribution in [0.1, 0.15) is 23.8 Å². The molecule has 0 saturated carbocycles. The number of rotatable bonds is 2. The lowest BCUT2D eigenvalue weighted by atomic mass is 9.87. The van der Waals surface area contributed by atoms with Crippen molar-refractivity contribution in [2.45, 2.75) is 13.3 Å². The Morgan fingerprint density at radius 2 is 2.44 bits per heavy atom. The highest BCUT2D eigenvalue weighted by Gasteiger charge is 2.29. The van der Waals surface area contributed by atoms with E-state index in [4.69, 9.17) is 5.73 Å². The lowest BCUT2D eigenvalue weighted by Crippen LogP contribution is -2.45. The summed E-state index contributed by atoms with van der Waals surface area (Å²) in [5, 5.41) is 0. The van der Waals surface area contributed by atoms with Crippen molar-refractivity contribution in [2.24, 2.45) is 17.6 Å². The minimum absolute atomic E-state index is 0.00664. The summed E-state index contributed by atoms with van der Waals surface area (Å²) in [5.74, 6) is 0.976. The summed E-state index contributed by atoms with van der Waals surface area (Å²) in [6, 6.07) is 3.65. The SMILES string of the molecule is CC1CCN(C(=O)c2ncccc2Br)CC1CN. The molecule has 0 spiro atoms. The molecule has 0 aromatic carbocycles. The smallest absolute Gasteiger partial charge is 0.273 e. The van der Waals surface area contributed by atoms with E-state index in [0.29, 0.717) is 24.1 Å². The molecule has 0 bridgehead atoms. The summed E-state index contributed by atoms with van der Waals surface area (Å²) in [7, 11) is 0. The maximum absolute atomic E-state index is 12.4. The maximum Gasteiger partial charge on any atom is 0.273 e. The third-order valence-corrected chi connectivity index (χ3v) is 4.30. The summed E-state index contributed by atoms with van der Waals surface area (Å²) < 4.78 is 0.748. The van der Waals surface area contributed by atoms with Gasteiger partial charge in [-0.2, -0.15) is 0 Å². The highest BCUT2D eigenvalue weighted by Crippen LogP contribution is 2.24. The first-order valence-corrected chi connectivity index (χ1v) is 7.02. The number of carbonyl (C=O) groups is 1. The minimum atomic E-state index is -0.00664. The third-order valence-electron chi connectivity index (χ3n) is 3.67. The molecule has 0 aliphatic carbocycles. The second-order valence-electron chi connectivity index (χ2n) is 4.85. The summed E-state index contributed by atoms with van der Waals surface area (Å²) in [6.07, 6.45) is 2.66. The first kappa shape index (κ1) is 13.5.